The van der Waals surface area contributed by atoms with E-state index in [4.69, 9.17) is 22.1 Å². The van der Waals surface area contributed by atoms with Crippen molar-refractivity contribution in [1.29, 1.82) is 0 Å². The van der Waals surface area contributed by atoms with Gasteiger partial charge in [0, 0.05) is 17.3 Å². The van der Waals surface area contributed by atoms with Gasteiger partial charge in [-0.05, 0) is 30.0 Å². The monoisotopic (exact) mass is 239 g/mol. The van der Waals surface area contributed by atoms with E-state index in [0.717, 1.165) is 18.1 Å². The number of ether oxygens (including phenoxy) is 1. The molecule has 0 aliphatic heterocycles. The van der Waals surface area contributed by atoms with Gasteiger partial charge in [0.25, 0.3) is 0 Å². The van der Waals surface area contributed by atoms with E-state index in [1.165, 1.54) is 25.7 Å². The molecule has 88 valence electrons. The van der Waals surface area contributed by atoms with Gasteiger partial charge in [0.05, 0.1) is 6.61 Å². The summed E-state index contributed by atoms with van der Waals surface area (Å²) >= 11 is 6.05. The van der Waals surface area contributed by atoms with Crippen LogP contribution in [0.4, 0.5) is 5.69 Å². The zero-order valence-corrected chi connectivity index (χ0v) is 10.2. The Hall–Kier alpha value is -0.730. The average molecular weight is 240 g/mol. The molecule has 0 spiro atoms. The standard InChI is InChI=1S/C13H18ClNO/c14-13-8-12(15)5-4-11(13)9-16-7-6-10-2-1-3-10/h4-5,8,10H,1-3,6-7,9,15H2. The van der Waals surface area contributed by atoms with Crippen molar-refractivity contribution in [3.63, 3.8) is 0 Å². The van der Waals surface area contributed by atoms with Crippen LogP contribution in [0.5, 0.6) is 0 Å². The van der Waals surface area contributed by atoms with Crippen LogP contribution in [0, 0.1) is 5.92 Å². The molecule has 1 aliphatic carbocycles. The predicted molar refractivity (Wildman–Crippen MR) is 67.5 cm³/mol. The summed E-state index contributed by atoms with van der Waals surface area (Å²) in [5, 5.41) is 0.698. The number of rotatable bonds is 5. The highest BCUT2D eigenvalue weighted by Gasteiger charge is 2.16. The normalized spacial score (nSPS) is 16.1. The van der Waals surface area contributed by atoms with Crippen molar-refractivity contribution in [1.82, 2.24) is 0 Å². The van der Waals surface area contributed by atoms with Crippen molar-refractivity contribution in [2.45, 2.75) is 32.3 Å². The summed E-state index contributed by atoms with van der Waals surface area (Å²) in [5.74, 6) is 0.905. The quantitative estimate of drug-likeness (QED) is 0.629. The molecule has 0 radical (unpaired) electrons. The van der Waals surface area contributed by atoms with Crippen molar-refractivity contribution >= 4 is 17.3 Å². The summed E-state index contributed by atoms with van der Waals surface area (Å²) in [6, 6.07) is 5.56. The Morgan fingerprint density at radius 3 is 2.81 bits per heavy atom. The van der Waals surface area contributed by atoms with Crippen LogP contribution >= 0.6 is 11.6 Å². The highest BCUT2D eigenvalue weighted by Crippen LogP contribution is 2.29. The first-order valence-electron chi connectivity index (χ1n) is 5.87. The van der Waals surface area contributed by atoms with E-state index in [9.17, 15) is 0 Å². The lowest BCUT2D eigenvalue weighted by molar-refractivity contribution is 0.0950. The number of nitrogen functional groups attached to an aromatic ring is 1. The Kier molecular flexibility index (Phi) is 4.08. The minimum absolute atomic E-state index is 0.589. The first-order valence-corrected chi connectivity index (χ1v) is 6.25. The van der Waals surface area contributed by atoms with Crippen molar-refractivity contribution in [2.24, 2.45) is 5.92 Å². The van der Waals surface area contributed by atoms with Crippen LogP contribution in [0.15, 0.2) is 18.2 Å². The summed E-state index contributed by atoms with van der Waals surface area (Å²) in [6.07, 6.45) is 5.35. The largest absolute Gasteiger partial charge is 0.399 e. The summed E-state index contributed by atoms with van der Waals surface area (Å²) in [5.41, 5.74) is 7.34. The fourth-order valence-electron chi connectivity index (χ4n) is 1.89. The van der Waals surface area contributed by atoms with Gasteiger partial charge < -0.3 is 10.5 Å². The van der Waals surface area contributed by atoms with Gasteiger partial charge in [0.1, 0.15) is 0 Å². The molecule has 1 aromatic rings. The Labute approximate surface area is 102 Å². The summed E-state index contributed by atoms with van der Waals surface area (Å²) in [6.45, 7) is 1.43. The third-order valence-corrected chi connectivity index (χ3v) is 3.58. The zero-order chi connectivity index (χ0) is 11.4. The lowest BCUT2D eigenvalue weighted by Gasteiger charge is -2.24. The molecule has 2 N–H and O–H groups in total. The number of hydrogen-bond acceptors (Lipinski definition) is 2. The molecule has 0 heterocycles. The first kappa shape index (κ1) is 11.7. The smallest absolute Gasteiger partial charge is 0.0731 e. The highest BCUT2D eigenvalue weighted by molar-refractivity contribution is 6.31. The van der Waals surface area contributed by atoms with E-state index in [2.05, 4.69) is 0 Å². The second kappa shape index (κ2) is 5.55. The summed E-state index contributed by atoms with van der Waals surface area (Å²) in [7, 11) is 0. The summed E-state index contributed by atoms with van der Waals surface area (Å²) in [4.78, 5) is 0. The molecule has 1 saturated carbocycles. The molecule has 1 fully saturated rings. The average Bonchev–Trinajstić information content (AvgIpc) is 2.18. The molecular formula is C13H18ClNO. The molecule has 2 nitrogen and oxygen atoms in total. The molecule has 0 atom stereocenters. The Balaban J connectivity index is 1.71. The number of nitrogens with two attached hydrogens (primary N) is 1. The van der Waals surface area contributed by atoms with Gasteiger partial charge in [-0.2, -0.15) is 0 Å². The van der Waals surface area contributed by atoms with E-state index < -0.39 is 0 Å². The predicted octanol–water partition coefficient (Wildman–Crippen LogP) is 3.63. The third-order valence-electron chi connectivity index (χ3n) is 3.23. The maximum atomic E-state index is 6.05. The number of benzene rings is 1. The highest BCUT2D eigenvalue weighted by atomic mass is 35.5. The zero-order valence-electron chi connectivity index (χ0n) is 9.42. The molecule has 0 bridgehead atoms. The van der Waals surface area contributed by atoms with E-state index in [1.54, 1.807) is 6.07 Å². The second-order valence-corrected chi connectivity index (χ2v) is 4.90. The molecule has 0 saturated heterocycles. The van der Waals surface area contributed by atoms with Gasteiger partial charge in [0.15, 0.2) is 0 Å². The van der Waals surface area contributed by atoms with Crippen LogP contribution in [-0.4, -0.2) is 6.61 Å². The number of halogens is 1. The second-order valence-electron chi connectivity index (χ2n) is 4.49. The molecular weight excluding hydrogens is 222 g/mol. The van der Waals surface area contributed by atoms with Gasteiger partial charge in [0.2, 0.25) is 0 Å². The maximum Gasteiger partial charge on any atom is 0.0731 e. The SMILES string of the molecule is Nc1ccc(COCCC2CCC2)c(Cl)c1. The number of hydrogen-bond donors (Lipinski definition) is 1. The minimum Gasteiger partial charge on any atom is -0.399 e. The summed E-state index contributed by atoms with van der Waals surface area (Å²) < 4.78 is 5.62. The molecule has 16 heavy (non-hydrogen) atoms. The molecule has 1 aromatic carbocycles. The van der Waals surface area contributed by atoms with Crippen molar-refractivity contribution in [2.75, 3.05) is 12.3 Å². The van der Waals surface area contributed by atoms with Crippen LogP contribution in [0.2, 0.25) is 5.02 Å². The van der Waals surface area contributed by atoms with Gasteiger partial charge in [-0.3, -0.25) is 0 Å². The van der Waals surface area contributed by atoms with Crippen LogP contribution < -0.4 is 5.73 Å². The van der Waals surface area contributed by atoms with E-state index in [0.29, 0.717) is 17.3 Å². The van der Waals surface area contributed by atoms with E-state index in [-0.39, 0.29) is 0 Å². The molecule has 0 unspecified atom stereocenters. The maximum absolute atomic E-state index is 6.05. The fraction of sp³-hybridized carbons (Fsp3) is 0.538. The lowest BCUT2D eigenvalue weighted by atomic mass is 9.83. The fourth-order valence-corrected chi connectivity index (χ4v) is 2.14. The van der Waals surface area contributed by atoms with Crippen molar-refractivity contribution in [3.05, 3.63) is 28.8 Å². The topological polar surface area (TPSA) is 35.2 Å². The van der Waals surface area contributed by atoms with Crippen molar-refractivity contribution in [3.8, 4) is 0 Å². The minimum atomic E-state index is 0.589. The lowest BCUT2D eigenvalue weighted by Crippen LogP contribution is -2.13. The van der Waals surface area contributed by atoms with Gasteiger partial charge >= 0.3 is 0 Å². The third kappa shape index (κ3) is 3.13. The van der Waals surface area contributed by atoms with Gasteiger partial charge in [-0.1, -0.05) is 36.9 Å². The molecule has 3 heteroatoms. The number of anilines is 1. The van der Waals surface area contributed by atoms with E-state index in [1.807, 2.05) is 12.1 Å². The van der Waals surface area contributed by atoms with Crippen LogP contribution in [0.25, 0.3) is 0 Å². The van der Waals surface area contributed by atoms with Gasteiger partial charge in [-0.15, -0.1) is 0 Å². The molecule has 1 aliphatic rings. The van der Waals surface area contributed by atoms with Crippen LogP contribution in [0.3, 0.4) is 0 Å². The van der Waals surface area contributed by atoms with Crippen molar-refractivity contribution < 1.29 is 4.74 Å². The molecule has 2 rings (SSSR count). The molecule has 0 aromatic heterocycles. The Bertz CT molecular complexity index is 350. The first-order chi connectivity index (χ1) is 7.75. The van der Waals surface area contributed by atoms with Crippen LogP contribution in [-0.2, 0) is 11.3 Å². The van der Waals surface area contributed by atoms with E-state index >= 15 is 0 Å². The Morgan fingerprint density at radius 1 is 1.38 bits per heavy atom. The Morgan fingerprint density at radius 2 is 2.19 bits per heavy atom. The molecule has 0 amide bonds. The van der Waals surface area contributed by atoms with Gasteiger partial charge in [-0.25, -0.2) is 0 Å². The van der Waals surface area contributed by atoms with Crippen LogP contribution in [0.1, 0.15) is 31.2 Å².